The summed E-state index contributed by atoms with van der Waals surface area (Å²) < 4.78 is 2.49. The molecule has 5 nitrogen and oxygen atoms in total. The van der Waals surface area contributed by atoms with E-state index in [0.717, 1.165) is 37.3 Å². The fourth-order valence-electron chi connectivity index (χ4n) is 3.05. The maximum atomic E-state index is 12.6. The molecule has 0 bridgehead atoms. The second-order valence-corrected chi connectivity index (χ2v) is 6.08. The van der Waals surface area contributed by atoms with Crippen molar-refractivity contribution < 1.29 is 5.11 Å². The van der Waals surface area contributed by atoms with Crippen LogP contribution in [0.15, 0.2) is 39.9 Å². The van der Waals surface area contributed by atoms with Gasteiger partial charge in [-0.3, -0.25) is 13.9 Å². The molecule has 0 atom stereocenters. The van der Waals surface area contributed by atoms with E-state index in [2.05, 4.69) is 0 Å². The lowest BCUT2D eigenvalue weighted by Gasteiger charge is -2.16. The van der Waals surface area contributed by atoms with Crippen LogP contribution in [-0.4, -0.2) is 14.2 Å². The molecule has 1 saturated carbocycles. The largest absolute Gasteiger partial charge is 0.494 e. The quantitative estimate of drug-likeness (QED) is 0.945. The van der Waals surface area contributed by atoms with Crippen LogP contribution >= 0.6 is 11.6 Å². The zero-order valence-electron chi connectivity index (χ0n) is 12.0. The molecule has 1 heterocycles. The van der Waals surface area contributed by atoms with Crippen LogP contribution in [0.2, 0.25) is 5.02 Å². The summed E-state index contributed by atoms with van der Waals surface area (Å²) in [6.45, 7) is 0.179. The van der Waals surface area contributed by atoms with Gasteiger partial charge in [-0.25, -0.2) is 4.79 Å². The zero-order valence-corrected chi connectivity index (χ0v) is 12.8. The van der Waals surface area contributed by atoms with E-state index in [0.29, 0.717) is 5.02 Å². The molecular formula is C16H17ClN2O3. The summed E-state index contributed by atoms with van der Waals surface area (Å²) in [4.78, 5) is 24.7. The fourth-order valence-corrected chi connectivity index (χ4v) is 3.26. The topological polar surface area (TPSA) is 64.2 Å². The number of aromatic hydroxyl groups is 1. The molecule has 22 heavy (non-hydrogen) atoms. The molecule has 2 aromatic rings. The minimum Gasteiger partial charge on any atom is -0.494 e. The van der Waals surface area contributed by atoms with Gasteiger partial charge in [-0.2, -0.15) is 0 Å². The first kappa shape index (κ1) is 14.9. The third kappa shape index (κ3) is 2.81. The molecule has 1 aliphatic carbocycles. The first-order valence-corrected chi connectivity index (χ1v) is 7.74. The lowest BCUT2D eigenvalue weighted by atomic mass is 10.2. The van der Waals surface area contributed by atoms with Crippen LogP contribution in [0.4, 0.5) is 0 Å². The molecule has 0 amide bonds. The number of nitrogens with zero attached hydrogens (tertiary/aromatic N) is 2. The average Bonchev–Trinajstić information content (AvgIpc) is 2.97. The molecule has 1 aromatic heterocycles. The highest BCUT2D eigenvalue weighted by Crippen LogP contribution is 2.27. The maximum absolute atomic E-state index is 12.6. The molecule has 1 fully saturated rings. The lowest BCUT2D eigenvalue weighted by molar-refractivity contribution is 0.382. The predicted octanol–water partition coefficient (Wildman–Crippen LogP) is 2.53. The minimum absolute atomic E-state index is 0.0637. The normalized spacial score (nSPS) is 15.3. The van der Waals surface area contributed by atoms with Gasteiger partial charge in [0.05, 0.1) is 12.6 Å². The van der Waals surface area contributed by atoms with Crippen molar-refractivity contribution in [2.75, 3.05) is 0 Å². The molecule has 1 aromatic carbocycles. The molecule has 1 aliphatic rings. The second-order valence-electron chi connectivity index (χ2n) is 5.65. The summed E-state index contributed by atoms with van der Waals surface area (Å²) in [6.07, 6.45) is 3.70. The number of hydrogen-bond donors (Lipinski definition) is 1. The smallest absolute Gasteiger partial charge is 0.334 e. The average molecular weight is 321 g/mol. The van der Waals surface area contributed by atoms with Crippen LogP contribution in [0.25, 0.3) is 0 Å². The minimum atomic E-state index is -0.461. The van der Waals surface area contributed by atoms with E-state index in [1.165, 1.54) is 9.13 Å². The Hall–Kier alpha value is -2.01. The standard InChI is InChI=1S/C16H17ClN2O3/c17-12-5-3-4-11(8-12)10-18-14(20)9-15(21)19(16(18)22)13-6-1-2-7-13/h3-5,8-9,13,20H,1-2,6-7,10H2. The Bertz CT molecular complexity index is 804. The highest BCUT2D eigenvalue weighted by molar-refractivity contribution is 6.30. The van der Waals surface area contributed by atoms with Crippen molar-refractivity contribution in [2.24, 2.45) is 0 Å². The fraction of sp³-hybridized carbons (Fsp3) is 0.375. The summed E-state index contributed by atoms with van der Waals surface area (Å²) >= 11 is 5.95. The van der Waals surface area contributed by atoms with Crippen molar-refractivity contribution >= 4 is 11.6 Å². The van der Waals surface area contributed by atoms with Crippen molar-refractivity contribution in [2.45, 2.75) is 38.3 Å². The van der Waals surface area contributed by atoms with Gasteiger partial charge in [0.1, 0.15) is 0 Å². The van der Waals surface area contributed by atoms with E-state index in [1.54, 1.807) is 18.2 Å². The van der Waals surface area contributed by atoms with Crippen LogP contribution < -0.4 is 11.2 Å². The van der Waals surface area contributed by atoms with Gasteiger partial charge in [-0.15, -0.1) is 0 Å². The van der Waals surface area contributed by atoms with E-state index < -0.39 is 11.2 Å². The van der Waals surface area contributed by atoms with Gasteiger partial charge >= 0.3 is 5.69 Å². The molecule has 0 spiro atoms. The molecule has 0 saturated heterocycles. The Kier molecular flexibility index (Phi) is 4.07. The summed E-state index contributed by atoms with van der Waals surface area (Å²) in [7, 11) is 0. The molecule has 1 N–H and O–H groups in total. The summed E-state index contributed by atoms with van der Waals surface area (Å²) in [5, 5.41) is 10.6. The van der Waals surface area contributed by atoms with E-state index in [1.807, 2.05) is 6.07 Å². The van der Waals surface area contributed by atoms with E-state index in [4.69, 9.17) is 11.6 Å². The molecule has 0 radical (unpaired) electrons. The Labute approximate surface area is 132 Å². The first-order chi connectivity index (χ1) is 10.6. The van der Waals surface area contributed by atoms with Crippen LogP contribution in [0.5, 0.6) is 5.88 Å². The number of hydrogen-bond acceptors (Lipinski definition) is 3. The third-order valence-electron chi connectivity index (χ3n) is 4.12. The number of rotatable bonds is 3. The van der Waals surface area contributed by atoms with Gasteiger partial charge in [0.2, 0.25) is 5.88 Å². The molecule has 0 aliphatic heterocycles. The number of aromatic nitrogens is 2. The van der Waals surface area contributed by atoms with Crippen molar-refractivity contribution in [3.8, 4) is 5.88 Å². The molecule has 116 valence electrons. The Balaban J connectivity index is 2.06. The second kappa shape index (κ2) is 6.01. The van der Waals surface area contributed by atoms with Gasteiger partial charge in [0, 0.05) is 11.1 Å². The SMILES string of the molecule is O=c1cc(O)n(Cc2cccc(Cl)c2)c(=O)n1C1CCCC1. The Morgan fingerprint density at radius 3 is 2.59 bits per heavy atom. The molecule has 0 unspecified atom stereocenters. The summed E-state index contributed by atoms with van der Waals surface area (Å²) in [6, 6.07) is 8.14. The number of halogens is 1. The zero-order chi connectivity index (χ0) is 15.7. The van der Waals surface area contributed by atoms with E-state index in [-0.39, 0.29) is 18.5 Å². The lowest BCUT2D eigenvalue weighted by Crippen LogP contribution is -2.41. The van der Waals surface area contributed by atoms with Gasteiger partial charge in [0.15, 0.2) is 0 Å². The van der Waals surface area contributed by atoms with Crippen molar-refractivity contribution in [1.82, 2.24) is 9.13 Å². The maximum Gasteiger partial charge on any atom is 0.334 e. The number of benzene rings is 1. The van der Waals surface area contributed by atoms with Crippen LogP contribution in [-0.2, 0) is 6.54 Å². The molecule has 6 heteroatoms. The van der Waals surface area contributed by atoms with Gasteiger partial charge in [-0.1, -0.05) is 36.6 Å². The molecular weight excluding hydrogens is 304 g/mol. The summed E-state index contributed by atoms with van der Waals surface area (Å²) in [5.74, 6) is -0.316. The van der Waals surface area contributed by atoms with Crippen molar-refractivity contribution in [3.05, 3.63) is 61.8 Å². The highest BCUT2D eigenvalue weighted by atomic mass is 35.5. The highest BCUT2D eigenvalue weighted by Gasteiger charge is 2.22. The molecule has 3 rings (SSSR count). The van der Waals surface area contributed by atoms with E-state index in [9.17, 15) is 14.7 Å². The first-order valence-electron chi connectivity index (χ1n) is 7.36. The monoisotopic (exact) mass is 320 g/mol. The van der Waals surface area contributed by atoms with Crippen molar-refractivity contribution in [3.63, 3.8) is 0 Å². The Morgan fingerprint density at radius 1 is 1.18 bits per heavy atom. The van der Waals surface area contributed by atoms with Crippen LogP contribution in [0, 0.1) is 0 Å². The Morgan fingerprint density at radius 2 is 1.91 bits per heavy atom. The van der Waals surface area contributed by atoms with Gasteiger partial charge in [0.25, 0.3) is 5.56 Å². The predicted molar refractivity (Wildman–Crippen MR) is 84.7 cm³/mol. The third-order valence-corrected chi connectivity index (χ3v) is 4.36. The van der Waals surface area contributed by atoms with Gasteiger partial charge < -0.3 is 5.11 Å². The van der Waals surface area contributed by atoms with Crippen molar-refractivity contribution in [1.29, 1.82) is 0 Å². The summed E-state index contributed by atoms with van der Waals surface area (Å²) in [5.41, 5.74) is -0.102. The van der Waals surface area contributed by atoms with Crippen LogP contribution in [0.1, 0.15) is 37.3 Å². The van der Waals surface area contributed by atoms with E-state index >= 15 is 0 Å². The van der Waals surface area contributed by atoms with Crippen LogP contribution in [0.3, 0.4) is 0 Å². The van der Waals surface area contributed by atoms with Gasteiger partial charge in [-0.05, 0) is 30.5 Å².